The lowest BCUT2D eigenvalue weighted by atomic mass is 10.1. The Morgan fingerprint density at radius 1 is 0.800 bits per heavy atom. The van der Waals surface area contributed by atoms with Gasteiger partial charge in [-0.25, -0.2) is 0 Å². The number of halogens is 1. The first-order valence-corrected chi connectivity index (χ1v) is 8.58. The summed E-state index contributed by atoms with van der Waals surface area (Å²) in [5, 5.41) is 6.34. The molecule has 0 saturated heterocycles. The second-order valence-corrected chi connectivity index (χ2v) is 6.28. The summed E-state index contributed by atoms with van der Waals surface area (Å²) in [5.74, 6) is 0. The van der Waals surface area contributed by atoms with Crippen LogP contribution in [0.1, 0.15) is 11.1 Å². The summed E-state index contributed by atoms with van der Waals surface area (Å²) in [7, 11) is 0. The fourth-order valence-corrected chi connectivity index (χ4v) is 3.20. The fourth-order valence-electron chi connectivity index (χ4n) is 3.00. The van der Waals surface area contributed by atoms with E-state index in [1.807, 2.05) is 36.4 Å². The molecule has 1 heterocycles. The van der Waals surface area contributed by atoms with Crippen LogP contribution in [0.5, 0.6) is 0 Å². The van der Waals surface area contributed by atoms with E-state index < -0.39 is 0 Å². The highest BCUT2D eigenvalue weighted by Gasteiger charge is 2.24. The predicted octanol–water partition coefficient (Wildman–Crippen LogP) is 5.06. The first kappa shape index (κ1) is 15.6. The summed E-state index contributed by atoms with van der Waals surface area (Å²) in [6.45, 7) is 0.668. The summed E-state index contributed by atoms with van der Waals surface area (Å²) in [6.07, 6.45) is 0. The van der Waals surface area contributed by atoms with Gasteiger partial charge in [-0.3, -0.25) is 10.4 Å². The van der Waals surface area contributed by atoms with E-state index in [2.05, 4.69) is 64.3 Å². The topological polar surface area (TPSA) is 27.3 Å². The Morgan fingerprint density at radius 3 is 2.16 bits per heavy atom. The van der Waals surface area contributed by atoms with Gasteiger partial charge >= 0.3 is 0 Å². The summed E-state index contributed by atoms with van der Waals surface area (Å²) in [6, 6.07) is 28.5. The van der Waals surface area contributed by atoms with Gasteiger partial charge < -0.3 is 5.32 Å². The zero-order chi connectivity index (χ0) is 17.1. The van der Waals surface area contributed by atoms with Crippen molar-refractivity contribution in [3.63, 3.8) is 0 Å². The van der Waals surface area contributed by atoms with Crippen LogP contribution in [0.2, 0.25) is 5.02 Å². The van der Waals surface area contributed by atoms with E-state index in [-0.39, 0.29) is 0 Å². The van der Waals surface area contributed by atoms with Crippen molar-refractivity contribution in [1.82, 2.24) is 10.3 Å². The molecule has 124 valence electrons. The molecule has 1 aliphatic rings. The maximum absolute atomic E-state index is 6.12. The highest BCUT2D eigenvalue weighted by atomic mass is 35.5. The van der Waals surface area contributed by atoms with Gasteiger partial charge in [-0.15, -0.1) is 0 Å². The van der Waals surface area contributed by atoms with Gasteiger partial charge in [-0.2, -0.15) is 0 Å². The van der Waals surface area contributed by atoms with Crippen molar-refractivity contribution in [1.29, 1.82) is 0 Å². The molecule has 3 nitrogen and oxygen atoms in total. The van der Waals surface area contributed by atoms with E-state index in [1.54, 1.807) is 0 Å². The van der Waals surface area contributed by atoms with Crippen LogP contribution in [-0.2, 0) is 0 Å². The van der Waals surface area contributed by atoms with Gasteiger partial charge in [0.25, 0.3) is 0 Å². The van der Waals surface area contributed by atoms with Crippen LogP contribution in [0, 0.1) is 0 Å². The lowest BCUT2D eigenvalue weighted by Gasteiger charge is -2.23. The molecule has 4 rings (SSSR count). The third kappa shape index (κ3) is 3.32. The molecule has 0 spiro atoms. The van der Waals surface area contributed by atoms with Gasteiger partial charge in [0.15, 0.2) is 0 Å². The number of nitrogens with zero attached hydrogens (tertiary/aromatic N) is 1. The Balaban J connectivity index is 1.76. The Labute approximate surface area is 152 Å². The lowest BCUT2D eigenvalue weighted by molar-refractivity contribution is 0.486. The SMILES string of the molecule is Clc1cccc(NN2CNC(c3ccccc3)=C2c2ccccc2)c1. The molecule has 1 aliphatic heterocycles. The maximum Gasteiger partial charge on any atom is 0.108 e. The molecule has 3 aromatic rings. The van der Waals surface area contributed by atoms with Gasteiger partial charge in [0.2, 0.25) is 0 Å². The lowest BCUT2D eigenvalue weighted by Crippen LogP contribution is -2.29. The molecule has 0 saturated carbocycles. The van der Waals surface area contributed by atoms with Gasteiger partial charge in [-0.1, -0.05) is 78.3 Å². The molecule has 0 unspecified atom stereocenters. The molecule has 25 heavy (non-hydrogen) atoms. The molecule has 0 aliphatic carbocycles. The zero-order valence-electron chi connectivity index (χ0n) is 13.6. The van der Waals surface area contributed by atoms with Crippen molar-refractivity contribution >= 4 is 28.7 Å². The summed E-state index contributed by atoms with van der Waals surface area (Å²) in [5.41, 5.74) is 8.96. The summed E-state index contributed by atoms with van der Waals surface area (Å²) >= 11 is 6.12. The first-order valence-electron chi connectivity index (χ1n) is 8.20. The summed E-state index contributed by atoms with van der Waals surface area (Å²) < 4.78 is 0. The number of nitrogens with one attached hydrogen (secondary N) is 2. The Hall–Kier alpha value is -2.91. The van der Waals surface area contributed by atoms with Crippen molar-refractivity contribution in [3.8, 4) is 0 Å². The van der Waals surface area contributed by atoms with Crippen LogP contribution in [0.4, 0.5) is 5.69 Å². The minimum absolute atomic E-state index is 0.668. The van der Waals surface area contributed by atoms with Crippen molar-refractivity contribution in [2.45, 2.75) is 0 Å². The van der Waals surface area contributed by atoms with Crippen LogP contribution in [0.25, 0.3) is 11.4 Å². The largest absolute Gasteiger partial charge is 0.364 e. The second kappa shape index (κ2) is 6.91. The van der Waals surface area contributed by atoms with Crippen molar-refractivity contribution < 1.29 is 0 Å². The quantitative estimate of drug-likeness (QED) is 0.691. The monoisotopic (exact) mass is 347 g/mol. The van der Waals surface area contributed by atoms with Gasteiger partial charge in [0.1, 0.15) is 6.67 Å². The molecular formula is C21H18ClN3. The molecular weight excluding hydrogens is 330 g/mol. The number of hydrogen-bond acceptors (Lipinski definition) is 3. The molecule has 4 heteroatoms. The molecule has 3 aromatic carbocycles. The van der Waals surface area contributed by atoms with Crippen LogP contribution in [0.3, 0.4) is 0 Å². The Kier molecular flexibility index (Phi) is 4.32. The Morgan fingerprint density at radius 2 is 1.48 bits per heavy atom. The third-order valence-corrected chi connectivity index (χ3v) is 4.35. The van der Waals surface area contributed by atoms with E-state index in [9.17, 15) is 0 Å². The van der Waals surface area contributed by atoms with Crippen molar-refractivity contribution in [3.05, 3.63) is 101 Å². The first-order chi connectivity index (χ1) is 12.3. The zero-order valence-corrected chi connectivity index (χ0v) is 14.4. The average Bonchev–Trinajstić information content (AvgIpc) is 3.07. The molecule has 0 fully saturated rings. The van der Waals surface area contributed by atoms with Crippen molar-refractivity contribution in [2.75, 3.05) is 12.1 Å². The van der Waals surface area contributed by atoms with Crippen LogP contribution in [-0.4, -0.2) is 11.7 Å². The maximum atomic E-state index is 6.12. The number of anilines is 1. The van der Waals surface area contributed by atoms with E-state index in [1.165, 1.54) is 0 Å². The predicted molar refractivity (Wildman–Crippen MR) is 105 cm³/mol. The molecule has 0 atom stereocenters. The molecule has 2 N–H and O–H groups in total. The third-order valence-electron chi connectivity index (χ3n) is 4.12. The van der Waals surface area contributed by atoms with Gasteiger partial charge in [0, 0.05) is 10.6 Å². The summed E-state index contributed by atoms with van der Waals surface area (Å²) in [4.78, 5) is 0. The van der Waals surface area contributed by atoms with Gasteiger partial charge in [-0.05, 0) is 23.8 Å². The van der Waals surface area contributed by atoms with Crippen molar-refractivity contribution in [2.24, 2.45) is 0 Å². The van der Waals surface area contributed by atoms with Crippen LogP contribution >= 0.6 is 11.6 Å². The average molecular weight is 348 g/mol. The van der Waals surface area contributed by atoms with Crippen LogP contribution in [0.15, 0.2) is 84.9 Å². The normalized spacial score (nSPS) is 13.7. The Bertz CT molecular complexity index is 891. The molecule has 0 aromatic heterocycles. The van der Waals surface area contributed by atoms with E-state index in [0.717, 1.165) is 28.2 Å². The number of rotatable bonds is 4. The minimum Gasteiger partial charge on any atom is -0.364 e. The molecule has 0 amide bonds. The minimum atomic E-state index is 0.668. The smallest absolute Gasteiger partial charge is 0.108 e. The highest BCUT2D eigenvalue weighted by molar-refractivity contribution is 6.30. The number of benzene rings is 3. The molecule has 0 bridgehead atoms. The van der Waals surface area contributed by atoms with E-state index >= 15 is 0 Å². The van der Waals surface area contributed by atoms with E-state index in [4.69, 9.17) is 11.6 Å². The highest BCUT2D eigenvalue weighted by Crippen LogP contribution is 2.32. The molecule has 0 radical (unpaired) electrons. The standard InChI is InChI=1S/C21H18ClN3/c22-18-12-7-13-19(14-18)24-25-15-23-20(16-8-3-1-4-9-16)21(25)17-10-5-2-6-11-17/h1-14,23-24H,15H2. The second-order valence-electron chi connectivity index (χ2n) is 5.84. The van der Waals surface area contributed by atoms with E-state index in [0.29, 0.717) is 11.7 Å². The fraction of sp³-hybridized carbons (Fsp3) is 0.0476. The van der Waals surface area contributed by atoms with Gasteiger partial charge in [0.05, 0.1) is 17.1 Å². The number of hydrazine groups is 1. The number of hydrogen-bond donors (Lipinski definition) is 2. The van der Waals surface area contributed by atoms with Crippen LogP contribution < -0.4 is 10.7 Å².